The molecule has 1 aromatic carbocycles. The number of nitrogens with two attached hydrogens (primary N) is 1. The number of hydrogen-bond acceptors (Lipinski definition) is 5. The standard InChI is InChI=1S/C19H32N4O4/c1-12(2)14(23-18(24)27-19(3,4)5)11-21-17(20)22-13-8-9-15(25-6)16(10-13)26-7/h8-10,12,14H,11H2,1-7H3,(H,23,24)(H3,20,21,22). The average Bonchev–Trinajstić information content (AvgIpc) is 2.56. The van der Waals surface area contributed by atoms with Crippen molar-refractivity contribution in [2.75, 3.05) is 26.1 Å². The highest BCUT2D eigenvalue weighted by Gasteiger charge is 2.21. The quantitative estimate of drug-likeness (QED) is 0.496. The number of methoxy groups -OCH3 is 2. The van der Waals surface area contributed by atoms with Gasteiger partial charge in [-0.3, -0.25) is 4.99 Å². The average molecular weight is 380 g/mol. The van der Waals surface area contributed by atoms with Gasteiger partial charge < -0.3 is 30.6 Å². The Labute approximate surface area is 161 Å². The molecule has 0 fully saturated rings. The third-order valence-corrected chi connectivity index (χ3v) is 3.62. The van der Waals surface area contributed by atoms with Gasteiger partial charge in [0.05, 0.1) is 26.8 Å². The van der Waals surface area contributed by atoms with Crippen LogP contribution in [0.1, 0.15) is 34.6 Å². The van der Waals surface area contributed by atoms with Crippen molar-refractivity contribution in [3.63, 3.8) is 0 Å². The molecule has 4 N–H and O–H groups in total. The van der Waals surface area contributed by atoms with Crippen LogP contribution in [-0.4, -0.2) is 44.5 Å². The molecule has 0 aliphatic carbocycles. The van der Waals surface area contributed by atoms with Crippen molar-refractivity contribution >= 4 is 17.7 Å². The molecular formula is C19H32N4O4. The Morgan fingerprint density at radius 1 is 1.19 bits per heavy atom. The molecule has 0 aliphatic rings. The summed E-state index contributed by atoms with van der Waals surface area (Å²) in [4.78, 5) is 16.3. The van der Waals surface area contributed by atoms with Crippen molar-refractivity contribution in [1.82, 2.24) is 5.32 Å². The molecule has 0 aromatic heterocycles. The molecule has 0 bridgehead atoms. The lowest BCUT2D eigenvalue weighted by Crippen LogP contribution is -2.44. The van der Waals surface area contributed by atoms with Gasteiger partial charge in [0, 0.05) is 11.8 Å². The van der Waals surface area contributed by atoms with Gasteiger partial charge in [-0.1, -0.05) is 13.8 Å². The Hall–Kier alpha value is -2.64. The molecule has 0 saturated carbocycles. The maximum absolute atomic E-state index is 12.0. The Morgan fingerprint density at radius 2 is 1.81 bits per heavy atom. The van der Waals surface area contributed by atoms with Crippen LogP contribution < -0.4 is 25.8 Å². The highest BCUT2D eigenvalue weighted by molar-refractivity contribution is 5.92. The number of benzene rings is 1. The van der Waals surface area contributed by atoms with Gasteiger partial charge in [-0.15, -0.1) is 0 Å². The van der Waals surface area contributed by atoms with E-state index in [2.05, 4.69) is 15.6 Å². The number of carbonyl (C=O) groups excluding carboxylic acids is 1. The molecular weight excluding hydrogens is 348 g/mol. The molecule has 0 saturated heterocycles. The molecule has 0 spiro atoms. The first-order valence-corrected chi connectivity index (χ1v) is 8.84. The molecule has 0 aliphatic heterocycles. The number of guanidine groups is 1. The molecule has 1 rings (SSSR count). The van der Waals surface area contributed by atoms with Crippen LogP contribution in [0.4, 0.5) is 10.5 Å². The van der Waals surface area contributed by atoms with Crippen LogP contribution in [0.5, 0.6) is 11.5 Å². The van der Waals surface area contributed by atoms with Gasteiger partial charge in [0.2, 0.25) is 0 Å². The van der Waals surface area contributed by atoms with E-state index in [4.69, 9.17) is 19.9 Å². The Morgan fingerprint density at radius 3 is 2.33 bits per heavy atom. The largest absolute Gasteiger partial charge is 0.493 e. The fraction of sp³-hybridized carbons (Fsp3) is 0.579. The molecule has 1 atom stereocenters. The zero-order valence-electron chi connectivity index (χ0n) is 17.3. The SMILES string of the molecule is COc1ccc(NC(N)=NCC(NC(=O)OC(C)(C)C)C(C)C)cc1OC. The lowest BCUT2D eigenvalue weighted by molar-refractivity contribution is 0.0493. The summed E-state index contributed by atoms with van der Waals surface area (Å²) in [7, 11) is 3.14. The first-order chi connectivity index (χ1) is 12.6. The van der Waals surface area contributed by atoms with E-state index in [1.54, 1.807) is 26.4 Å². The Bertz CT molecular complexity index is 654. The first-order valence-electron chi connectivity index (χ1n) is 8.84. The monoisotopic (exact) mass is 380 g/mol. The van der Waals surface area contributed by atoms with Crippen LogP contribution >= 0.6 is 0 Å². The molecule has 8 heteroatoms. The van der Waals surface area contributed by atoms with Crippen LogP contribution in [0.3, 0.4) is 0 Å². The number of ether oxygens (including phenoxy) is 3. The van der Waals surface area contributed by atoms with E-state index >= 15 is 0 Å². The summed E-state index contributed by atoms with van der Waals surface area (Å²) in [5.74, 6) is 1.61. The molecule has 1 unspecified atom stereocenters. The normalized spacial score (nSPS) is 13.1. The third kappa shape index (κ3) is 8.06. The Kier molecular flexibility index (Phi) is 8.21. The summed E-state index contributed by atoms with van der Waals surface area (Å²) in [6, 6.07) is 5.14. The van der Waals surface area contributed by atoms with Gasteiger partial charge in [0.25, 0.3) is 0 Å². The summed E-state index contributed by atoms with van der Waals surface area (Å²) in [6.07, 6.45) is -0.470. The second-order valence-corrected chi connectivity index (χ2v) is 7.42. The number of hydrogen-bond donors (Lipinski definition) is 3. The fourth-order valence-corrected chi connectivity index (χ4v) is 2.18. The summed E-state index contributed by atoms with van der Waals surface area (Å²) in [5.41, 5.74) is 6.14. The topological polar surface area (TPSA) is 107 Å². The maximum Gasteiger partial charge on any atom is 0.407 e. The predicted octanol–water partition coefficient (Wildman–Crippen LogP) is 2.98. The molecule has 0 heterocycles. The highest BCUT2D eigenvalue weighted by atomic mass is 16.6. The van der Waals surface area contributed by atoms with Crippen LogP contribution in [0.2, 0.25) is 0 Å². The smallest absolute Gasteiger partial charge is 0.407 e. The molecule has 1 amide bonds. The Balaban J connectivity index is 2.73. The van der Waals surface area contributed by atoms with Gasteiger partial charge in [-0.05, 0) is 38.8 Å². The van der Waals surface area contributed by atoms with E-state index in [0.717, 1.165) is 5.69 Å². The van der Waals surface area contributed by atoms with Gasteiger partial charge >= 0.3 is 6.09 Å². The van der Waals surface area contributed by atoms with Crippen molar-refractivity contribution in [3.05, 3.63) is 18.2 Å². The maximum atomic E-state index is 12.0. The van der Waals surface area contributed by atoms with Gasteiger partial charge in [-0.25, -0.2) is 4.79 Å². The number of amides is 1. The zero-order valence-corrected chi connectivity index (χ0v) is 17.3. The molecule has 0 radical (unpaired) electrons. The second kappa shape index (κ2) is 9.89. The van der Waals surface area contributed by atoms with Crippen molar-refractivity contribution in [3.8, 4) is 11.5 Å². The number of rotatable bonds is 7. The van der Waals surface area contributed by atoms with E-state index in [9.17, 15) is 4.79 Å². The third-order valence-electron chi connectivity index (χ3n) is 3.62. The summed E-state index contributed by atoms with van der Waals surface area (Å²) < 4.78 is 15.8. The van der Waals surface area contributed by atoms with Crippen LogP contribution in [0.25, 0.3) is 0 Å². The molecule has 8 nitrogen and oxygen atoms in total. The molecule has 1 aromatic rings. The van der Waals surface area contributed by atoms with E-state index in [1.165, 1.54) is 0 Å². The van der Waals surface area contributed by atoms with Gasteiger partial charge in [0.1, 0.15) is 5.60 Å². The van der Waals surface area contributed by atoms with E-state index < -0.39 is 11.7 Å². The van der Waals surface area contributed by atoms with E-state index in [1.807, 2.05) is 40.7 Å². The molecule has 27 heavy (non-hydrogen) atoms. The first kappa shape index (κ1) is 22.4. The van der Waals surface area contributed by atoms with Crippen molar-refractivity contribution < 1.29 is 19.0 Å². The lowest BCUT2D eigenvalue weighted by Gasteiger charge is -2.25. The number of nitrogens with one attached hydrogen (secondary N) is 2. The molecule has 152 valence electrons. The van der Waals surface area contributed by atoms with Crippen molar-refractivity contribution in [1.29, 1.82) is 0 Å². The van der Waals surface area contributed by atoms with E-state index in [0.29, 0.717) is 18.0 Å². The number of nitrogens with zero attached hydrogens (tertiary/aromatic N) is 1. The summed E-state index contributed by atoms with van der Waals surface area (Å²) in [6.45, 7) is 9.77. The van der Waals surface area contributed by atoms with Gasteiger partial charge in [0.15, 0.2) is 17.5 Å². The predicted molar refractivity (Wildman–Crippen MR) is 108 cm³/mol. The summed E-state index contributed by atoms with van der Waals surface area (Å²) in [5, 5.41) is 5.84. The number of carbonyl (C=O) groups is 1. The number of aliphatic imine (C=N–C) groups is 1. The minimum atomic E-state index is -0.553. The van der Waals surface area contributed by atoms with Crippen LogP contribution in [-0.2, 0) is 4.74 Å². The number of alkyl carbamates (subject to hydrolysis) is 1. The van der Waals surface area contributed by atoms with Crippen LogP contribution in [0.15, 0.2) is 23.2 Å². The zero-order chi connectivity index (χ0) is 20.6. The minimum absolute atomic E-state index is 0.162. The van der Waals surface area contributed by atoms with Crippen molar-refractivity contribution in [2.45, 2.75) is 46.3 Å². The number of anilines is 1. The van der Waals surface area contributed by atoms with Crippen molar-refractivity contribution in [2.24, 2.45) is 16.6 Å². The lowest BCUT2D eigenvalue weighted by atomic mass is 10.1. The summed E-state index contributed by atoms with van der Waals surface area (Å²) >= 11 is 0. The van der Waals surface area contributed by atoms with Gasteiger partial charge in [-0.2, -0.15) is 0 Å². The fourth-order valence-electron chi connectivity index (χ4n) is 2.18. The second-order valence-electron chi connectivity index (χ2n) is 7.42. The van der Waals surface area contributed by atoms with Crippen LogP contribution in [0, 0.1) is 5.92 Å². The highest BCUT2D eigenvalue weighted by Crippen LogP contribution is 2.29. The minimum Gasteiger partial charge on any atom is -0.493 e. The van der Waals surface area contributed by atoms with E-state index in [-0.39, 0.29) is 17.9 Å².